The number of para-hydroxylation sites is 2. The molecule has 0 radical (unpaired) electrons. The predicted octanol–water partition coefficient (Wildman–Crippen LogP) is 4.08. The van der Waals surface area contributed by atoms with E-state index in [9.17, 15) is 13.2 Å². The lowest BCUT2D eigenvalue weighted by Gasteiger charge is -2.25. The molecule has 0 unspecified atom stereocenters. The Balaban J connectivity index is 1.90. The minimum atomic E-state index is -4.05. The summed E-state index contributed by atoms with van der Waals surface area (Å²) in [4.78, 5) is 12.8. The van der Waals surface area contributed by atoms with Gasteiger partial charge in [0.15, 0.2) is 0 Å². The van der Waals surface area contributed by atoms with E-state index in [-0.39, 0.29) is 10.6 Å². The number of nitrogens with zero attached hydrogens (tertiary/aromatic N) is 2. The second-order valence-corrected chi connectivity index (χ2v) is 9.03. The second-order valence-electron chi connectivity index (χ2n) is 6.74. The van der Waals surface area contributed by atoms with Crippen molar-refractivity contribution < 1.29 is 17.9 Å². The highest BCUT2D eigenvalue weighted by atomic mass is 35.5. The highest BCUT2D eigenvalue weighted by Crippen LogP contribution is 2.32. The molecule has 7 nitrogen and oxygen atoms in total. The van der Waals surface area contributed by atoms with E-state index < -0.39 is 22.5 Å². The van der Waals surface area contributed by atoms with Gasteiger partial charge in [0.25, 0.3) is 15.9 Å². The van der Waals surface area contributed by atoms with Crippen LogP contribution >= 0.6 is 11.6 Å². The Morgan fingerprint density at radius 1 is 1.00 bits per heavy atom. The number of rotatable bonds is 8. The quantitative estimate of drug-likeness (QED) is 0.396. The zero-order valence-corrected chi connectivity index (χ0v) is 19.1. The summed E-state index contributed by atoms with van der Waals surface area (Å²) in [5.74, 6) is -0.288. The van der Waals surface area contributed by atoms with Crippen LogP contribution < -0.4 is 14.5 Å². The van der Waals surface area contributed by atoms with Gasteiger partial charge in [-0.05, 0) is 48.9 Å². The lowest BCUT2D eigenvalue weighted by atomic mass is 10.1. The van der Waals surface area contributed by atoms with Crippen LogP contribution in [0.1, 0.15) is 12.5 Å². The molecule has 0 saturated carbocycles. The molecule has 0 spiro atoms. The van der Waals surface area contributed by atoms with Crippen LogP contribution in [0.4, 0.5) is 5.69 Å². The first kappa shape index (κ1) is 23.3. The fraction of sp³-hybridized carbons (Fsp3) is 0.130. The smallest absolute Gasteiger partial charge is 0.264 e. The SMILES string of the molecule is COc1ccccc1N(CC(=O)N/N=C(/C)c1ccc(Cl)cc1)S(=O)(=O)c1ccccc1. The van der Waals surface area contributed by atoms with Crippen molar-refractivity contribution in [2.24, 2.45) is 5.10 Å². The highest BCUT2D eigenvalue weighted by molar-refractivity contribution is 7.92. The average Bonchev–Trinajstić information content (AvgIpc) is 2.82. The van der Waals surface area contributed by atoms with Crippen LogP contribution in [0.2, 0.25) is 5.02 Å². The monoisotopic (exact) mass is 471 g/mol. The fourth-order valence-electron chi connectivity index (χ4n) is 2.92. The molecule has 3 aromatic rings. The Bertz CT molecular complexity index is 1210. The number of anilines is 1. The van der Waals surface area contributed by atoms with Crippen molar-refractivity contribution >= 4 is 38.9 Å². The van der Waals surface area contributed by atoms with E-state index in [2.05, 4.69) is 10.5 Å². The summed E-state index contributed by atoms with van der Waals surface area (Å²) in [6.45, 7) is 1.23. The number of carbonyl (C=O) groups excluding carboxylic acids is 1. The van der Waals surface area contributed by atoms with Gasteiger partial charge < -0.3 is 4.74 Å². The Hall–Kier alpha value is -3.36. The van der Waals surface area contributed by atoms with Gasteiger partial charge in [0.05, 0.1) is 23.4 Å². The predicted molar refractivity (Wildman–Crippen MR) is 126 cm³/mol. The molecule has 0 atom stereocenters. The van der Waals surface area contributed by atoms with Gasteiger partial charge in [0, 0.05) is 5.02 Å². The molecule has 3 aromatic carbocycles. The summed E-state index contributed by atoms with van der Waals surface area (Å²) in [6, 6.07) is 21.5. The van der Waals surface area contributed by atoms with Gasteiger partial charge in [0.2, 0.25) is 0 Å². The number of benzene rings is 3. The normalized spacial score (nSPS) is 11.7. The minimum Gasteiger partial charge on any atom is -0.495 e. The van der Waals surface area contributed by atoms with E-state index in [1.165, 1.54) is 19.2 Å². The van der Waals surface area contributed by atoms with Crippen molar-refractivity contribution in [1.82, 2.24) is 5.43 Å². The zero-order chi connectivity index (χ0) is 23.1. The number of sulfonamides is 1. The molecule has 32 heavy (non-hydrogen) atoms. The molecule has 0 bridgehead atoms. The first-order chi connectivity index (χ1) is 15.3. The van der Waals surface area contributed by atoms with Gasteiger partial charge in [-0.2, -0.15) is 5.10 Å². The van der Waals surface area contributed by atoms with E-state index in [0.29, 0.717) is 16.5 Å². The maximum absolute atomic E-state index is 13.4. The maximum atomic E-state index is 13.4. The van der Waals surface area contributed by atoms with E-state index in [1.807, 2.05) is 0 Å². The van der Waals surface area contributed by atoms with E-state index in [4.69, 9.17) is 16.3 Å². The molecule has 0 aliphatic carbocycles. The van der Waals surface area contributed by atoms with Gasteiger partial charge in [0.1, 0.15) is 12.3 Å². The second kappa shape index (κ2) is 10.3. The maximum Gasteiger partial charge on any atom is 0.264 e. The Morgan fingerprint density at radius 3 is 2.28 bits per heavy atom. The Morgan fingerprint density at radius 2 is 1.62 bits per heavy atom. The molecular weight excluding hydrogens is 450 g/mol. The van der Waals surface area contributed by atoms with Gasteiger partial charge in [-0.1, -0.05) is 54.1 Å². The minimum absolute atomic E-state index is 0.0551. The number of carbonyl (C=O) groups is 1. The Kier molecular flexibility index (Phi) is 7.50. The van der Waals surface area contributed by atoms with Crippen LogP contribution in [0.15, 0.2) is 88.9 Å². The molecule has 0 heterocycles. The lowest BCUT2D eigenvalue weighted by Crippen LogP contribution is -2.40. The standard InChI is InChI=1S/C23H22ClN3O4S/c1-17(18-12-14-19(24)15-13-18)25-26-23(28)16-27(21-10-6-7-11-22(21)31-2)32(29,30)20-8-4-3-5-9-20/h3-15H,16H2,1-2H3,(H,26,28)/b25-17-. The molecule has 0 saturated heterocycles. The van der Waals surface area contributed by atoms with Gasteiger partial charge in [-0.25, -0.2) is 13.8 Å². The molecule has 0 aliphatic rings. The number of amides is 1. The summed E-state index contributed by atoms with van der Waals surface area (Å²) >= 11 is 5.90. The van der Waals surface area contributed by atoms with Crippen LogP contribution in [0.3, 0.4) is 0 Å². The van der Waals surface area contributed by atoms with Gasteiger partial charge >= 0.3 is 0 Å². The van der Waals surface area contributed by atoms with Crippen molar-refractivity contribution in [3.8, 4) is 5.75 Å². The molecule has 1 amide bonds. The molecule has 0 aliphatic heterocycles. The fourth-order valence-corrected chi connectivity index (χ4v) is 4.50. The van der Waals surface area contributed by atoms with Crippen molar-refractivity contribution in [2.45, 2.75) is 11.8 Å². The van der Waals surface area contributed by atoms with Gasteiger partial charge in [-0.15, -0.1) is 0 Å². The summed E-state index contributed by atoms with van der Waals surface area (Å²) in [7, 11) is -2.61. The van der Waals surface area contributed by atoms with E-state index in [1.54, 1.807) is 73.7 Å². The van der Waals surface area contributed by atoms with Crippen molar-refractivity contribution in [3.63, 3.8) is 0 Å². The molecule has 9 heteroatoms. The average molecular weight is 472 g/mol. The molecule has 1 N–H and O–H groups in total. The Labute approximate surface area is 192 Å². The van der Waals surface area contributed by atoms with Crippen molar-refractivity contribution in [3.05, 3.63) is 89.4 Å². The third-order valence-electron chi connectivity index (χ3n) is 4.58. The number of hydrazone groups is 1. The summed E-state index contributed by atoms with van der Waals surface area (Å²) < 4.78 is 33.1. The van der Waals surface area contributed by atoms with E-state index in [0.717, 1.165) is 9.87 Å². The zero-order valence-electron chi connectivity index (χ0n) is 17.5. The largest absolute Gasteiger partial charge is 0.495 e. The van der Waals surface area contributed by atoms with Crippen LogP contribution in [0, 0.1) is 0 Å². The summed E-state index contributed by atoms with van der Waals surface area (Å²) in [5.41, 5.74) is 3.99. The number of methoxy groups -OCH3 is 1. The summed E-state index contributed by atoms with van der Waals surface area (Å²) in [6.07, 6.45) is 0. The molecule has 3 rings (SSSR count). The number of ether oxygens (including phenoxy) is 1. The third kappa shape index (κ3) is 5.46. The first-order valence-electron chi connectivity index (χ1n) is 9.63. The lowest BCUT2D eigenvalue weighted by molar-refractivity contribution is -0.119. The van der Waals surface area contributed by atoms with Crippen molar-refractivity contribution in [2.75, 3.05) is 18.0 Å². The van der Waals surface area contributed by atoms with Crippen LogP contribution in [-0.4, -0.2) is 33.7 Å². The molecule has 0 aromatic heterocycles. The number of hydrogen-bond donors (Lipinski definition) is 1. The number of halogens is 1. The molecule has 166 valence electrons. The number of nitrogens with one attached hydrogen (secondary N) is 1. The van der Waals surface area contributed by atoms with Crippen LogP contribution in [0.5, 0.6) is 5.75 Å². The van der Waals surface area contributed by atoms with Crippen LogP contribution in [-0.2, 0) is 14.8 Å². The molecular formula is C23H22ClN3O4S. The van der Waals surface area contributed by atoms with E-state index >= 15 is 0 Å². The van der Waals surface area contributed by atoms with Gasteiger partial charge in [-0.3, -0.25) is 9.10 Å². The molecule has 0 fully saturated rings. The first-order valence-corrected chi connectivity index (χ1v) is 11.4. The topological polar surface area (TPSA) is 88.1 Å². The third-order valence-corrected chi connectivity index (χ3v) is 6.61. The number of hydrogen-bond acceptors (Lipinski definition) is 5. The summed E-state index contributed by atoms with van der Waals surface area (Å²) in [5, 5.41) is 4.68. The van der Waals surface area contributed by atoms with Crippen LogP contribution in [0.25, 0.3) is 0 Å². The highest BCUT2D eigenvalue weighted by Gasteiger charge is 2.29. The van der Waals surface area contributed by atoms with Crippen molar-refractivity contribution in [1.29, 1.82) is 0 Å².